The number of rotatable bonds is 6. The number of aromatic nitrogens is 2. The highest BCUT2D eigenvalue weighted by Gasteiger charge is 2.22. The van der Waals surface area contributed by atoms with E-state index in [0.29, 0.717) is 16.8 Å². The van der Waals surface area contributed by atoms with Gasteiger partial charge in [-0.05, 0) is 36.2 Å². The first-order valence-electron chi connectivity index (χ1n) is 7.42. The van der Waals surface area contributed by atoms with Crippen molar-refractivity contribution in [1.82, 2.24) is 9.55 Å². The number of aromatic amines is 1. The number of halogens is 2. The highest BCUT2D eigenvalue weighted by atomic mass is 32.1. The number of nitrogens with zero attached hydrogens (tertiary/aromatic N) is 1. The van der Waals surface area contributed by atoms with Crippen molar-refractivity contribution in [3.05, 3.63) is 28.5 Å². The van der Waals surface area contributed by atoms with Gasteiger partial charge in [-0.25, -0.2) is 8.78 Å². The molecule has 0 atom stereocenters. The zero-order valence-electron chi connectivity index (χ0n) is 12.8. The molecule has 0 aliphatic rings. The minimum absolute atomic E-state index is 0.0126. The Bertz CT molecular complexity index is 685. The molecule has 2 nitrogen and oxygen atoms in total. The van der Waals surface area contributed by atoms with Gasteiger partial charge in [-0.3, -0.25) is 0 Å². The summed E-state index contributed by atoms with van der Waals surface area (Å²) in [5, 5.41) is 0. The molecular weight excluding hydrogens is 290 g/mol. The van der Waals surface area contributed by atoms with E-state index in [1.807, 2.05) is 0 Å². The Morgan fingerprint density at radius 1 is 1.24 bits per heavy atom. The molecular formula is C16H22F2N2S. The van der Waals surface area contributed by atoms with Gasteiger partial charge in [0, 0.05) is 6.54 Å². The van der Waals surface area contributed by atoms with Crippen molar-refractivity contribution in [1.29, 1.82) is 0 Å². The van der Waals surface area contributed by atoms with Gasteiger partial charge in [-0.2, -0.15) is 0 Å². The van der Waals surface area contributed by atoms with Crippen molar-refractivity contribution in [3.63, 3.8) is 0 Å². The van der Waals surface area contributed by atoms with Crippen LogP contribution < -0.4 is 0 Å². The molecule has 0 unspecified atom stereocenters. The van der Waals surface area contributed by atoms with E-state index in [1.165, 1.54) is 18.9 Å². The number of fused-ring (bicyclic) bond motifs is 1. The Morgan fingerprint density at radius 2 is 1.95 bits per heavy atom. The first kappa shape index (κ1) is 16.1. The maximum Gasteiger partial charge on any atom is 0.184 e. The van der Waals surface area contributed by atoms with Crippen LogP contribution in [0.25, 0.3) is 11.0 Å². The Morgan fingerprint density at radius 3 is 2.62 bits per heavy atom. The molecule has 0 amide bonds. The van der Waals surface area contributed by atoms with Crippen LogP contribution in [0.15, 0.2) is 12.1 Å². The number of hydrogen-bond acceptors (Lipinski definition) is 1. The van der Waals surface area contributed by atoms with E-state index in [2.05, 4.69) is 25.8 Å². The van der Waals surface area contributed by atoms with E-state index in [1.54, 1.807) is 4.57 Å². The minimum atomic E-state index is -0.839. The van der Waals surface area contributed by atoms with Gasteiger partial charge in [0.1, 0.15) is 5.52 Å². The van der Waals surface area contributed by atoms with Gasteiger partial charge in [0.2, 0.25) is 0 Å². The van der Waals surface area contributed by atoms with Gasteiger partial charge in [-0.1, -0.05) is 40.0 Å². The molecule has 0 bridgehead atoms. The summed E-state index contributed by atoms with van der Waals surface area (Å²) in [6, 6.07) is 2.66. The van der Waals surface area contributed by atoms with E-state index in [9.17, 15) is 8.78 Å². The highest BCUT2D eigenvalue weighted by molar-refractivity contribution is 7.71. The third-order valence-electron chi connectivity index (χ3n) is 3.87. The normalized spacial score (nSPS) is 12.2. The first-order valence-corrected chi connectivity index (χ1v) is 7.83. The predicted octanol–water partition coefficient (Wildman–Crippen LogP) is 5.58. The summed E-state index contributed by atoms with van der Waals surface area (Å²) in [5.41, 5.74) is 0.771. The average Bonchev–Trinajstić information content (AvgIpc) is 2.71. The number of benzene rings is 1. The Balaban J connectivity index is 2.36. The second-order valence-electron chi connectivity index (χ2n) is 6.40. The van der Waals surface area contributed by atoms with E-state index >= 15 is 0 Å². The fraction of sp³-hybridized carbons (Fsp3) is 0.562. The summed E-state index contributed by atoms with van der Waals surface area (Å²) >= 11 is 5.28. The number of nitrogens with one attached hydrogen (secondary N) is 1. The maximum atomic E-state index is 14.1. The van der Waals surface area contributed by atoms with Crippen LogP contribution in [0.3, 0.4) is 0 Å². The molecule has 21 heavy (non-hydrogen) atoms. The summed E-state index contributed by atoms with van der Waals surface area (Å²) in [6.45, 7) is 7.03. The standard InChI is InChI=1S/C16H22F2N2S/c1-4-5-6-9-16(2,3)10-20-14-12(19-15(20)21)8-7-11(17)13(14)18/h7-8H,4-6,9-10H2,1-3H3,(H,19,21). The highest BCUT2D eigenvalue weighted by Crippen LogP contribution is 2.29. The quantitative estimate of drug-likeness (QED) is 0.545. The SMILES string of the molecule is CCCCCC(C)(C)Cn1c(=S)[nH]c2ccc(F)c(F)c21. The van der Waals surface area contributed by atoms with E-state index in [4.69, 9.17) is 12.2 Å². The fourth-order valence-corrected chi connectivity index (χ4v) is 2.97. The lowest BCUT2D eigenvalue weighted by Gasteiger charge is -2.25. The van der Waals surface area contributed by atoms with Gasteiger partial charge in [0.15, 0.2) is 16.4 Å². The van der Waals surface area contributed by atoms with Crippen LogP contribution in [-0.2, 0) is 6.54 Å². The molecule has 2 rings (SSSR count). The van der Waals surface area contributed by atoms with Crippen molar-refractivity contribution in [2.24, 2.45) is 5.41 Å². The summed E-state index contributed by atoms with van der Waals surface area (Å²) < 4.78 is 29.7. The Hall–Kier alpha value is -1.23. The van der Waals surface area contributed by atoms with Crippen molar-refractivity contribution < 1.29 is 8.78 Å². The largest absolute Gasteiger partial charge is 0.330 e. The third-order valence-corrected chi connectivity index (χ3v) is 4.19. The molecule has 1 aromatic heterocycles. The van der Waals surface area contributed by atoms with Crippen molar-refractivity contribution in [2.45, 2.75) is 53.0 Å². The summed E-state index contributed by atoms with van der Waals surface area (Å²) in [6.07, 6.45) is 4.52. The monoisotopic (exact) mass is 312 g/mol. The molecule has 0 saturated heterocycles. The molecule has 0 spiro atoms. The van der Waals surface area contributed by atoms with Crippen LogP contribution in [0.2, 0.25) is 0 Å². The smallest absolute Gasteiger partial charge is 0.184 e. The molecule has 0 aliphatic carbocycles. The third kappa shape index (κ3) is 3.51. The molecule has 5 heteroatoms. The van der Waals surface area contributed by atoms with Gasteiger partial charge >= 0.3 is 0 Å². The van der Waals surface area contributed by atoms with Crippen LogP contribution >= 0.6 is 12.2 Å². The zero-order chi connectivity index (χ0) is 15.6. The van der Waals surface area contributed by atoms with Crippen LogP contribution in [0.5, 0.6) is 0 Å². The molecule has 1 aromatic carbocycles. The lowest BCUT2D eigenvalue weighted by atomic mass is 9.87. The van der Waals surface area contributed by atoms with E-state index in [0.717, 1.165) is 18.9 Å². The molecule has 0 saturated carbocycles. The number of H-pyrrole nitrogens is 1. The van der Waals surface area contributed by atoms with Gasteiger partial charge < -0.3 is 9.55 Å². The van der Waals surface area contributed by atoms with E-state index < -0.39 is 11.6 Å². The second-order valence-corrected chi connectivity index (χ2v) is 6.78. The van der Waals surface area contributed by atoms with Crippen LogP contribution in [0.4, 0.5) is 8.78 Å². The molecule has 116 valence electrons. The first-order chi connectivity index (χ1) is 9.85. The molecule has 1 heterocycles. The number of unbranched alkanes of at least 4 members (excludes halogenated alkanes) is 2. The predicted molar refractivity (Wildman–Crippen MR) is 85.0 cm³/mol. The van der Waals surface area contributed by atoms with E-state index in [-0.39, 0.29) is 10.9 Å². The Labute approximate surface area is 129 Å². The van der Waals surface area contributed by atoms with Gasteiger partial charge in [0.05, 0.1) is 5.52 Å². The van der Waals surface area contributed by atoms with Gasteiger partial charge in [-0.15, -0.1) is 0 Å². The lowest BCUT2D eigenvalue weighted by molar-refractivity contribution is 0.272. The van der Waals surface area contributed by atoms with Crippen LogP contribution in [0, 0.1) is 21.8 Å². The molecule has 1 N–H and O–H groups in total. The summed E-state index contributed by atoms with van der Waals surface area (Å²) in [5.74, 6) is -1.67. The number of hydrogen-bond donors (Lipinski definition) is 1. The van der Waals surface area contributed by atoms with Crippen molar-refractivity contribution in [3.8, 4) is 0 Å². The number of imidazole rings is 1. The van der Waals surface area contributed by atoms with Crippen molar-refractivity contribution >= 4 is 23.3 Å². The average molecular weight is 312 g/mol. The van der Waals surface area contributed by atoms with Crippen LogP contribution in [-0.4, -0.2) is 9.55 Å². The molecule has 0 aliphatic heterocycles. The van der Waals surface area contributed by atoms with Gasteiger partial charge in [0.25, 0.3) is 0 Å². The summed E-state index contributed by atoms with van der Waals surface area (Å²) in [7, 11) is 0. The Kier molecular flexibility index (Phi) is 4.81. The van der Waals surface area contributed by atoms with Crippen molar-refractivity contribution in [2.75, 3.05) is 0 Å². The fourth-order valence-electron chi connectivity index (χ4n) is 2.70. The zero-order valence-corrected chi connectivity index (χ0v) is 13.6. The minimum Gasteiger partial charge on any atom is -0.330 e. The maximum absolute atomic E-state index is 14.1. The topological polar surface area (TPSA) is 20.7 Å². The van der Waals surface area contributed by atoms with Crippen LogP contribution in [0.1, 0.15) is 46.5 Å². The second kappa shape index (κ2) is 6.26. The molecule has 0 fully saturated rings. The lowest BCUT2D eigenvalue weighted by Crippen LogP contribution is -2.20. The molecule has 0 radical (unpaired) electrons. The summed E-state index contributed by atoms with van der Waals surface area (Å²) in [4.78, 5) is 2.96. The molecule has 2 aromatic rings.